The van der Waals surface area contributed by atoms with Crippen LogP contribution in [0.15, 0.2) is 52.7 Å². The van der Waals surface area contributed by atoms with Gasteiger partial charge in [0.15, 0.2) is 11.5 Å². The summed E-state index contributed by atoms with van der Waals surface area (Å²) in [4.78, 5) is 4.84. The van der Waals surface area contributed by atoms with Gasteiger partial charge in [0.1, 0.15) is 5.75 Å². The van der Waals surface area contributed by atoms with Gasteiger partial charge in [0, 0.05) is 17.0 Å². The number of fused-ring (bicyclic) bond motifs is 1. The Morgan fingerprint density at radius 3 is 2.53 bits per heavy atom. The Balaban J connectivity index is 1.67. The Morgan fingerprint density at radius 1 is 1.00 bits per heavy atom. The molecule has 0 spiro atoms. The van der Waals surface area contributed by atoms with Gasteiger partial charge >= 0.3 is 0 Å². The van der Waals surface area contributed by atoms with E-state index >= 15 is 0 Å². The first kappa shape index (κ1) is 20.0. The van der Waals surface area contributed by atoms with Crippen LogP contribution in [-0.4, -0.2) is 44.3 Å². The van der Waals surface area contributed by atoms with E-state index in [-0.39, 0.29) is 10.8 Å². The standard InChI is InChI=1S/C19H18N4O5S2/c1-26-13-6-4-5-12(9-13)15-11-29-19-20-18(21-23(15)19)22-30(24,25)14-7-8-16(27-2)17(10-14)28-3/h4-11H,1-3H3,(H,21,22). The van der Waals surface area contributed by atoms with E-state index in [1.54, 1.807) is 11.6 Å². The van der Waals surface area contributed by atoms with Gasteiger partial charge in [-0.3, -0.25) is 0 Å². The van der Waals surface area contributed by atoms with Gasteiger partial charge in [0.25, 0.3) is 16.0 Å². The van der Waals surface area contributed by atoms with Crippen LogP contribution in [0.1, 0.15) is 0 Å². The second-order valence-electron chi connectivity index (χ2n) is 6.10. The molecule has 9 nitrogen and oxygen atoms in total. The molecule has 0 aliphatic rings. The molecule has 2 aromatic heterocycles. The topological polar surface area (TPSA) is 104 Å². The monoisotopic (exact) mass is 446 g/mol. The van der Waals surface area contributed by atoms with E-state index in [1.165, 1.54) is 43.8 Å². The van der Waals surface area contributed by atoms with Crippen LogP contribution in [0, 0.1) is 0 Å². The first-order chi connectivity index (χ1) is 14.4. The summed E-state index contributed by atoms with van der Waals surface area (Å²) in [6.45, 7) is 0. The molecule has 156 valence electrons. The summed E-state index contributed by atoms with van der Waals surface area (Å²) in [7, 11) is 0.588. The molecule has 2 aromatic carbocycles. The van der Waals surface area contributed by atoms with Crippen LogP contribution in [0.25, 0.3) is 16.2 Å². The van der Waals surface area contributed by atoms with Crippen LogP contribution < -0.4 is 18.9 Å². The Hall–Kier alpha value is -3.31. The number of benzene rings is 2. The van der Waals surface area contributed by atoms with E-state index in [9.17, 15) is 8.42 Å². The molecule has 11 heteroatoms. The molecule has 4 rings (SSSR count). The minimum Gasteiger partial charge on any atom is -0.497 e. The highest BCUT2D eigenvalue weighted by molar-refractivity contribution is 7.92. The van der Waals surface area contributed by atoms with Crippen LogP contribution in [-0.2, 0) is 10.0 Å². The number of hydrogen-bond donors (Lipinski definition) is 1. The first-order valence-corrected chi connectivity index (χ1v) is 11.0. The van der Waals surface area contributed by atoms with Crippen LogP contribution in [0.2, 0.25) is 0 Å². The molecule has 4 aromatic rings. The summed E-state index contributed by atoms with van der Waals surface area (Å²) in [5.41, 5.74) is 1.65. The zero-order chi connectivity index (χ0) is 21.3. The lowest BCUT2D eigenvalue weighted by molar-refractivity contribution is 0.354. The summed E-state index contributed by atoms with van der Waals surface area (Å²) in [6.07, 6.45) is 0. The van der Waals surface area contributed by atoms with Crippen molar-refractivity contribution in [2.24, 2.45) is 0 Å². The number of nitrogens with one attached hydrogen (secondary N) is 1. The van der Waals surface area contributed by atoms with Crippen molar-refractivity contribution in [2.45, 2.75) is 4.90 Å². The fraction of sp³-hybridized carbons (Fsp3) is 0.158. The third-order valence-corrected chi connectivity index (χ3v) is 6.48. The van der Waals surface area contributed by atoms with E-state index in [0.29, 0.717) is 22.2 Å². The summed E-state index contributed by atoms with van der Waals surface area (Å²) in [6, 6.07) is 11.8. The molecule has 0 amide bonds. The van der Waals surface area contributed by atoms with Crippen LogP contribution in [0.4, 0.5) is 5.95 Å². The first-order valence-electron chi connectivity index (χ1n) is 8.68. The maximum absolute atomic E-state index is 12.8. The molecule has 30 heavy (non-hydrogen) atoms. The van der Waals surface area contributed by atoms with Gasteiger partial charge < -0.3 is 14.2 Å². The summed E-state index contributed by atoms with van der Waals surface area (Å²) < 4.78 is 45.2. The van der Waals surface area contributed by atoms with Gasteiger partial charge in [-0.2, -0.15) is 4.98 Å². The molecule has 0 fully saturated rings. The predicted molar refractivity (Wildman–Crippen MR) is 113 cm³/mol. The van der Waals surface area contributed by atoms with Crippen LogP contribution in [0.5, 0.6) is 17.2 Å². The van der Waals surface area contributed by atoms with Crippen molar-refractivity contribution < 1.29 is 22.6 Å². The van der Waals surface area contributed by atoms with Crippen molar-refractivity contribution in [1.29, 1.82) is 0 Å². The van der Waals surface area contributed by atoms with Gasteiger partial charge in [0.2, 0.25) is 4.96 Å². The molecule has 0 saturated carbocycles. The average molecular weight is 447 g/mol. The number of thiazole rings is 1. The summed E-state index contributed by atoms with van der Waals surface area (Å²) in [5.74, 6) is 1.42. The van der Waals surface area contributed by atoms with E-state index in [2.05, 4.69) is 14.8 Å². The van der Waals surface area contributed by atoms with Crippen molar-refractivity contribution in [3.05, 3.63) is 47.8 Å². The molecule has 0 bridgehead atoms. The number of aromatic nitrogens is 3. The fourth-order valence-corrected chi connectivity index (χ4v) is 4.65. The van der Waals surface area contributed by atoms with Gasteiger partial charge in [-0.25, -0.2) is 17.7 Å². The summed E-state index contributed by atoms with van der Waals surface area (Å²) >= 11 is 1.35. The lowest BCUT2D eigenvalue weighted by Gasteiger charge is -2.10. The Kier molecular flexibility index (Phi) is 5.22. The van der Waals surface area contributed by atoms with E-state index in [1.807, 2.05) is 29.6 Å². The average Bonchev–Trinajstić information content (AvgIpc) is 3.32. The minimum absolute atomic E-state index is 0.00586. The van der Waals surface area contributed by atoms with Crippen molar-refractivity contribution in [3.63, 3.8) is 0 Å². The largest absolute Gasteiger partial charge is 0.497 e. The number of methoxy groups -OCH3 is 3. The number of hydrogen-bond acceptors (Lipinski definition) is 8. The Labute approximate surface area is 176 Å². The maximum Gasteiger partial charge on any atom is 0.264 e. The number of anilines is 1. The summed E-state index contributed by atoms with van der Waals surface area (Å²) in [5, 5.41) is 6.22. The Morgan fingerprint density at radius 2 is 1.80 bits per heavy atom. The lowest BCUT2D eigenvalue weighted by atomic mass is 10.2. The highest BCUT2D eigenvalue weighted by Crippen LogP contribution is 2.31. The quantitative estimate of drug-likeness (QED) is 0.464. The third-order valence-electron chi connectivity index (χ3n) is 4.34. The van der Waals surface area contributed by atoms with Gasteiger partial charge in [-0.05, 0) is 24.3 Å². The fourth-order valence-electron chi connectivity index (χ4n) is 2.87. The normalized spacial score (nSPS) is 11.4. The molecule has 2 heterocycles. The van der Waals surface area contributed by atoms with Gasteiger partial charge in [-0.15, -0.1) is 16.4 Å². The SMILES string of the molecule is COc1cccc(-c2csc3nc(NS(=O)(=O)c4ccc(OC)c(OC)c4)nn23)c1. The third kappa shape index (κ3) is 3.64. The maximum atomic E-state index is 12.8. The number of nitrogens with zero attached hydrogens (tertiary/aromatic N) is 3. The van der Waals surface area contributed by atoms with E-state index in [0.717, 1.165) is 11.3 Å². The second-order valence-corrected chi connectivity index (χ2v) is 8.62. The van der Waals surface area contributed by atoms with E-state index in [4.69, 9.17) is 14.2 Å². The molecule has 0 aliphatic heterocycles. The molecule has 0 saturated heterocycles. The van der Waals surface area contributed by atoms with Crippen molar-refractivity contribution in [3.8, 4) is 28.5 Å². The highest BCUT2D eigenvalue weighted by Gasteiger charge is 2.20. The van der Waals surface area contributed by atoms with Gasteiger partial charge in [-0.1, -0.05) is 12.1 Å². The second kappa shape index (κ2) is 7.84. The van der Waals surface area contributed by atoms with Crippen LogP contribution in [0.3, 0.4) is 0 Å². The number of ether oxygens (including phenoxy) is 3. The highest BCUT2D eigenvalue weighted by atomic mass is 32.2. The number of rotatable bonds is 7. The lowest BCUT2D eigenvalue weighted by Crippen LogP contribution is -2.14. The smallest absolute Gasteiger partial charge is 0.264 e. The van der Waals surface area contributed by atoms with Crippen molar-refractivity contribution in [1.82, 2.24) is 14.6 Å². The number of sulfonamides is 1. The predicted octanol–water partition coefficient (Wildman–Crippen LogP) is 3.28. The van der Waals surface area contributed by atoms with Gasteiger partial charge in [0.05, 0.1) is 31.9 Å². The molecule has 0 unspecified atom stereocenters. The minimum atomic E-state index is -3.92. The zero-order valence-corrected chi connectivity index (χ0v) is 18.0. The molecule has 0 aliphatic carbocycles. The van der Waals surface area contributed by atoms with E-state index < -0.39 is 10.0 Å². The molecular formula is C19H18N4O5S2. The zero-order valence-electron chi connectivity index (χ0n) is 16.3. The Bertz CT molecular complexity index is 1310. The van der Waals surface area contributed by atoms with Crippen molar-refractivity contribution >= 4 is 32.3 Å². The molecule has 0 radical (unpaired) electrons. The molecule has 0 atom stereocenters. The molecular weight excluding hydrogens is 428 g/mol. The van der Waals surface area contributed by atoms with Crippen molar-refractivity contribution in [2.75, 3.05) is 26.1 Å². The molecule has 1 N–H and O–H groups in total. The van der Waals surface area contributed by atoms with Crippen LogP contribution >= 0.6 is 11.3 Å².